The summed E-state index contributed by atoms with van der Waals surface area (Å²) in [6.07, 6.45) is 1.98. The summed E-state index contributed by atoms with van der Waals surface area (Å²) in [7, 11) is 0. The Morgan fingerprint density at radius 2 is 1.81 bits per heavy atom. The van der Waals surface area contributed by atoms with E-state index in [-0.39, 0.29) is 11.8 Å². The summed E-state index contributed by atoms with van der Waals surface area (Å²) < 4.78 is 31.6. The molecule has 6 nitrogen and oxygen atoms in total. The molecule has 1 aliphatic heterocycles. The summed E-state index contributed by atoms with van der Waals surface area (Å²) in [5.41, 5.74) is 2.60. The van der Waals surface area contributed by atoms with Crippen molar-refractivity contribution in [2.24, 2.45) is 0 Å². The van der Waals surface area contributed by atoms with Crippen molar-refractivity contribution in [1.82, 2.24) is 20.2 Å². The molecule has 0 aliphatic carbocycles. The number of benzene rings is 2. The zero-order valence-corrected chi connectivity index (χ0v) is 14.8. The number of alkyl halides is 2. The van der Waals surface area contributed by atoms with Crippen LogP contribution < -0.4 is 10.1 Å². The molecule has 0 fully saturated rings. The van der Waals surface area contributed by atoms with Crippen LogP contribution in [0.2, 0.25) is 0 Å². The minimum absolute atomic E-state index is 0.106. The molecule has 2 heterocycles. The van der Waals surface area contributed by atoms with Crippen LogP contribution in [-0.2, 0) is 0 Å². The summed E-state index contributed by atoms with van der Waals surface area (Å²) in [5, 5.41) is 14.9. The van der Waals surface area contributed by atoms with Gasteiger partial charge in [0.25, 0.3) is 0 Å². The second-order valence-electron chi connectivity index (χ2n) is 5.55. The molecule has 0 amide bonds. The fourth-order valence-electron chi connectivity index (χ4n) is 2.74. The van der Waals surface area contributed by atoms with E-state index in [1.807, 2.05) is 30.3 Å². The van der Waals surface area contributed by atoms with Crippen molar-refractivity contribution >= 4 is 27.6 Å². The molecule has 0 saturated heterocycles. The van der Waals surface area contributed by atoms with Gasteiger partial charge in [-0.2, -0.15) is 13.5 Å². The Morgan fingerprint density at radius 1 is 1.08 bits per heavy atom. The van der Waals surface area contributed by atoms with Crippen molar-refractivity contribution in [1.29, 1.82) is 0 Å². The molecular weight excluding hydrogens is 408 g/mol. The van der Waals surface area contributed by atoms with Crippen molar-refractivity contribution in [3.63, 3.8) is 0 Å². The number of anilines is 1. The third kappa shape index (κ3) is 3.30. The third-order valence-corrected chi connectivity index (χ3v) is 4.46. The predicted molar refractivity (Wildman–Crippen MR) is 94.8 cm³/mol. The molecule has 1 atom stereocenters. The molecule has 132 valence electrons. The van der Waals surface area contributed by atoms with Gasteiger partial charge in [0.15, 0.2) is 0 Å². The molecule has 3 aromatic rings. The lowest BCUT2D eigenvalue weighted by molar-refractivity contribution is -0.0498. The maximum Gasteiger partial charge on any atom is 0.387 e. The summed E-state index contributed by atoms with van der Waals surface area (Å²) in [4.78, 5) is 0. The van der Waals surface area contributed by atoms with Crippen LogP contribution in [0, 0.1) is 0 Å². The highest BCUT2D eigenvalue weighted by molar-refractivity contribution is 9.10. The number of rotatable bonds is 4. The average molecular weight is 420 g/mol. The zero-order chi connectivity index (χ0) is 18.1. The van der Waals surface area contributed by atoms with Gasteiger partial charge in [-0.15, -0.1) is 0 Å². The van der Waals surface area contributed by atoms with Gasteiger partial charge in [-0.25, -0.2) is 0 Å². The predicted octanol–water partition coefficient (Wildman–Crippen LogP) is 4.09. The number of halogens is 3. The molecule has 0 bridgehead atoms. The van der Waals surface area contributed by atoms with E-state index >= 15 is 0 Å². The Morgan fingerprint density at radius 3 is 2.50 bits per heavy atom. The minimum atomic E-state index is -2.85. The molecule has 1 aromatic heterocycles. The van der Waals surface area contributed by atoms with Crippen LogP contribution in [0.4, 0.5) is 14.7 Å². The first-order chi connectivity index (χ1) is 12.6. The molecule has 1 N–H and O–H groups in total. The molecular formula is C17H12BrF2N5O. The smallest absolute Gasteiger partial charge is 0.387 e. The maximum absolute atomic E-state index is 12.3. The van der Waals surface area contributed by atoms with Crippen molar-refractivity contribution in [3.05, 3.63) is 70.2 Å². The van der Waals surface area contributed by atoms with Gasteiger partial charge in [-0.05, 0) is 64.0 Å². The highest BCUT2D eigenvalue weighted by Crippen LogP contribution is 2.32. The monoisotopic (exact) mass is 419 g/mol. The number of allylic oxidation sites excluding steroid dienone is 1. The summed E-state index contributed by atoms with van der Waals surface area (Å²) in [5.74, 6) is 0.609. The van der Waals surface area contributed by atoms with Crippen LogP contribution in [0.25, 0.3) is 5.70 Å². The molecule has 1 unspecified atom stereocenters. The van der Waals surface area contributed by atoms with Gasteiger partial charge in [-0.3, -0.25) is 0 Å². The Hall–Kier alpha value is -2.81. The van der Waals surface area contributed by atoms with Gasteiger partial charge in [0.05, 0.1) is 0 Å². The van der Waals surface area contributed by atoms with Crippen LogP contribution in [-0.4, -0.2) is 26.8 Å². The lowest BCUT2D eigenvalue weighted by Gasteiger charge is -2.23. The van der Waals surface area contributed by atoms with Gasteiger partial charge < -0.3 is 10.1 Å². The standard InChI is InChI=1S/C17H12BrF2N5O/c18-12-5-1-11(2-6-12)15-9-14(21-17-22-23-24-25(15)17)10-3-7-13(8-4-10)26-16(19)20/h1-9,15-16H,(H,21,22,24). The summed E-state index contributed by atoms with van der Waals surface area (Å²) in [6, 6.07) is 14.1. The van der Waals surface area contributed by atoms with Gasteiger partial charge >= 0.3 is 6.61 Å². The van der Waals surface area contributed by atoms with Crippen molar-refractivity contribution in [2.45, 2.75) is 12.7 Å². The maximum atomic E-state index is 12.3. The molecule has 2 aromatic carbocycles. The average Bonchev–Trinajstić information content (AvgIpc) is 3.10. The van der Waals surface area contributed by atoms with Crippen LogP contribution >= 0.6 is 15.9 Å². The first-order valence-electron chi connectivity index (χ1n) is 7.67. The minimum Gasteiger partial charge on any atom is -0.435 e. The molecule has 1 aliphatic rings. The van der Waals surface area contributed by atoms with E-state index in [4.69, 9.17) is 0 Å². The summed E-state index contributed by atoms with van der Waals surface area (Å²) >= 11 is 3.43. The molecule has 4 rings (SSSR count). The van der Waals surface area contributed by atoms with Crippen LogP contribution in [0.5, 0.6) is 5.75 Å². The topological polar surface area (TPSA) is 64.9 Å². The fraction of sp³-hybridized carbons (Fsp3) is 0.118. The van der Waals surface area contributed by atoms with Gasteiger partial charge in [0, 0.05) is 10.2 Å². The number of hydrogen-bond donors (Lipinski definition) is 1. The quantitative estimate of drug-likeness (QED) is 0.689. The van der Waals surface area contributed by atoms with Crippen LogP contribution in [0.1, 0.15) is 17.2 Å². The van der Waals surface area contributed by atoms with Crippen molar-refractivity contribution in [2.75, 3.05) is 5.32 Å². The van der Waals surface area contributed by atoms with Gasteiger partial charge in [0.1, 0.15) is 11.8 Å². The second kappa shape index (κ2) is 6.83. The van der Waals surface area contributed by atoms with Gasteiger partial charge in [-0.1, -0.05) is 33.2 Å². The molecule has 0 saturated carbocycles. The van der Waals surface area contributed by atoms with Crippen molar-refractivity contribution in [3.8, 4) is 5.75 Å². The highest BCUT2D eigenvalue weighted by Gasteiger charge is 2.24. The van der Waals surface area contributed by atoms with Gasteiger partial charge in [0.2, 0.25) is 5.95 Å². The number of hydrogen-bond acceptors (Lipinski definition) is 5. The van der Waals surface area contributed by atoms with E-state index < -0.39 is 6.61 Å². The molecule has 26 heavy (non-hydrogen) atoms. The largest absolute Gasteiger partial charge is 0.435 e. The molecule has 0 radical (unpaired) electrons. The number of ether oxygens (including phenoxy) is 1. The van der Waals surface area contributed by atoms with E-state index in [1.54, 1.807) is 16.8 Å². The third-order valence-electron chi connectivity index (χ3n) is 3.93. The van der Waals surface area contributed by atoms with E-state index in [2.05, 4.69) is 41.5 Å². The summed E-state index contributed by atoms with van der Waals surface area (Å²) in [6.45, 7) is -2.85. The molecule has 0 spiro atoms. The van der Waals surface area contributed by atoms with Crippen LogP contribution in [0.3, 0.4) is 0 Å². The van der Waals surface area contributed by atoms with E-state index in [9.17, 15) is 8.78 Å². The Bertz CT molecular complexity index is 941. The zero-order valence-electron chi connectivity index (χ0n) is 13.2. The lowest BCUT2D eigenvalue weighted by atomic mass is 10.0. The van der Waals surface area contributed by atoms with E-state index in [1.165, 1.54) is 12.1 Å². The van der Waals surface area contributed by atoms with Crippen LogP contribution in [0.15, 0.2) is 59.1 Å². The lowest BCUT2D eigenvalue weighted by Crippen LogP contribution is -2.20. The van der Waals surface area contributed by atoms with E-state index in [0.717, 1.165) is 21.3 Å². The SMILES string of the molecule is FC(F)Oc1ccc(C2=CC(c3ccc(Br)cc3)n3nnnc3N2)cc1. The Balaban J connectivity index is 1.69. The number of tetrazole rings is 1. The first-order valence-corrected chi connectivity index (χ1v) is 8.47. The normalized spacial score (nSPS) is 16.0. The fourth-order valence-corrected chi connectivity index (χ4v) is 3.00. The number of fused-ring (bicyclic) bond motifs is 1. The number of nitrogens with zero attached hydrogens (tertiary/aromatic N) is 4. The number of aromatic nitrogens is 4. The second-order valence-corrected chi connectivity index (χ2v) is 6.47. The number of nitrogens with one attached hydrogen (secondary N) is 1. The van der Waals surface area contributed by atoms with E-state index in [0.29, 0.717) is 5.95 Å². The van der Waals surface area contributed by atoms with Crippen molar-refractivity contribution < 1.29 is 13.5 Å². The highest BCUT2D eigenvalue weighted by atomic mass is 79.9. The molecule has 9 heteroatoms. The Kier molecular flexibility index (Phi) is 4.37. The first kappa shape index (κ1) is 16.6. The Labute approximate surface area is 155 Å².